The Balaban J connectivity index is 1.60. The predicted molar refractivity (Wildman–Crippen MR) is 121 cm³/mol. The summed E-state index contributed by atoms with van der Waals surface area (Å²) in [5, 5.41) is 29.7. The summed E-state index contributed by atoms with van der Waals surface area (Å²) in [6, 6.07) is 3.41. The van der Waals surface area contributed by atoms with Gasteiger partial charge in [-0.25, -0.2) is 4.79 Å². The van der Waals surface area contributed by atoms with Gasteiger partial charge in [0.1, 0.15) is 11.7 Å². The first-order chi connectivity index (χ1) is 15.6. The minimum absolute atomic E-state index is 0.0286. The lowest BCUT2D eigenvalue weighted by Crippen LogP contribution is -2.41. The lowest BCUT2D eigenvalue weighted by atomic mass is 10.1. The third-order valence-corrected chi connectivity index (χ3v) is 5.08. The Labute approximate surface area is 187 Å². The molecule has 0 fully saturated rings. The molecule has 3 rings (SSSR count). The first-order valence-electron chi connectivity index (χ1n) is 10.1. The number of aromatic amines is 1. The Morgan fingerprint density at radius 1 is 1.30 bits per heavy atom. The van der Waals surface area contributed by atoms with Crippen molar-refractivity contribution in [1.29, 1.82) is 0 Å². The molecular weight excluding hydrogens is 434 g/mol. The fraction of sp³-hybridized carbons (Fsp3) is 0.350. The van der Waals surface area contributed by atoms with Gasteiger partial charge in [0, 0.05) is 30.8 Å². The van der Waals surface area contributed by atoms with E-state index in [2.05, 4.69) is 31.2 Å². The number of hydrogen-bond acceptors (Lipinski definition) is 9. The van der Waals surface area contributed by atoms with Crippen LogP contribution in [-0.4, -0.2) is 63.2 Å². The average molecular weight is 459 g/mol. The van der Waals surface area contributed by atoms with Crippen LogP contribution in [0, 0.1) is 6.92 Å². The highest BCUT2D eigenvalue weighted by Gasteiger charge is 2.23. The van der Waals surface area contributed by atoms with Crippen LogP contribution in [0.2, 0.25) is 0 Å². The van der Waals surface area contributed by atoms with Crippen molar-refractivity contribution in [2.45, 2.75) is 31.8 Å². The van der Waals surface area contributed by atoms with E-state index in [1.54, 1.807) is 25.1 Å². The Bertz CT molecular complexity index is 1130. The topological polar surface area (TPSA) is 212 Å². The number of nitrogens with two attached hydrogens (primary N) is 1. The number of carbonyl (C=O) groups is 3. The molecule has 0 radical (unpaired) electrons. The van der Waals surface area contributed by atoms with Gasteiger partial charge in [-0.2, -0.15) is 4.98 Å². The first-order valence-corrected chi connectivity index (χ1v) is 10.1. The number of amides is 1. The van der Waals surface area contributed by atoms with Gasteiger partial charge in [0.2, 0.25) is 5.95 Å². The van der Waals surface area contributed by atoms with Crippen molar-refractivity contribution < 1.29 is 24.6 Å². The number of fused-ring (bicyclic) bond motifs is 1. The zero-order chi connectivity index (χ0) is 24.1. The highest BCUT2D eigenvalue weighted by Crippen LogP contribution is 2.21. The van der Waals surface area contributed by atoms with E-state index in [0.29, 0.717) is 24.6 Å². The van der Waals surface area contributed by atoms with Crippen molar-refractivity contribution in [2.24, 2.45) is 0 Å². The number of aryl methyl sites for hydroxylation is 1. The van der Waals surface area contributed by atoms with Crippen molar-refractivity contribution in [3.8, 4) is 0 Å². The quantitative estimate of drug-likeness (QED) is 0.250. The second-order valence-corrected chi connectivity index (χ2v) is 7.60. The highest BCUT2D eigenvalue weighted by atomic mass is 16.4. The summed E-state index contributed by atoms with van der Waals surface area (Å²) >= 11 is 0. The summed E-state index contributed by atoms with van der Waals surface area (Å²) in [5.41, 5.74) is 7.23. The van der Waals surface area contributed by atoms with Crippen molar-refractivity contribution >= 4 is 41.0 Å². The van der Waals surface area contributed by atoms with Gasteiger partial charge >= 0.3 is 11.9 Å². The molecule has 1 aromatic carbocycles. The number of nitrogens with zero attached hydrogens (tertiary/aromatic N) is 1. The number of hydrogen-bond donors (Lipinski definition) is 8. The van der Waals surface area contributed by atoms with Crippen LogP contribution in [0.5, 0.6) is 0 Å². The molecule has 2 heterocycles. The van der Waals surface area contributed by atoms with Crippen LogP contribution < -0.4 is 32.6 Å². The number of benzene rings is 1. The van der Waals surface area contributed by atoms with Crippen LogP contribution in [0.1, 0.15) is 28.8 Å². The number of H-pyrrole nitrogens is 1. The SMILES string of the molecule is Cc1cc(C(=O)NC(CCC(=O)O)C(=O)O)ccc1NCC1CNc2nc(N)[nH]c(=O)c2N1. The molecule has 176 valence electrons. The lowest BCUT2D eigenvalue weighted by molar-refractivity contribution is -0.140. The molecule has 0 aliphatic carbocycles. The Hall–Kier alpha value is -4.29. The summed E-state index contributed by atoms with van der Waals surface area (Å²) in [7, 11) is 0. The monoisotopic (exact) mass is 459 g/mol. The molecule has 1 amide bonds. The Morgan fingerprint density at radius 3 is 2.73 bits per heavy atom. The minimum Gasteiger partial charge on any atom is -0.481 e. The Kier molecular flexibility index (Phi) is 7.00. The average Bonchev–Trinajstić information content (AvgIpc) is 2.75. The van der Waals surface area contributed by atoms with E-state index in [9.17, 15) is 24.3 Å². The third-order valence-electron chi connectivity index (χ3n) is 5.08. The zero-order valence-electron chi connectivity index (χ0n) is 17.8. The number of nitrogen functional groups attached to an aromatic ring is 1. The molecule has 1 aliphatic rings. The normalized spacial score (nSPS) is 15.4. The number of nitrogens with one attached hydrogen (secondary N) is 5. The van der Waals surface area contributed by atoms with Crippen LogP contribution in [-0.2, 0) is 9.59 Å². The number of carboxylic acid groups (broad SMARTS) is 2. The Morgan fingerprint density at radius 2 is 2.06 bits per heavy atom. The summed E-state index contributed by atoms with van der Waals surface area (Å²) in [5.74, 6) is -2.63. The summed E-state index contributed by atoms with van der Waals surface area (Å²) < 4.78 is 0. The van der Waals surface area contributed by atoms with Gasteiger partial charge in [-0.05, 0) is 37.1 Å². The largest absolute Gasteiger partial charge is 0.481 e. The predicted octanol–water partition coefficient (Wildman–Crippen LogP) is 0.0264. The second-order valence-electron chi connectivity index (χ2n) is 7.60. The van der Waals surface area contributed by atoms with Crippen molar-refractivity contribution in [3.05, 3.63) is 39.7 Å². The number of aromatic nitrogens is 2. The van der Waals surface area contributed by atoms with Crippen molar-refractivity contribution in [2.75, 3.05) is 34.8 Å². The van der Waals surface area contributed by atoms with Gasteiger partial charge < -0.3 is 37.2 Å². The maximum atomic E-state index is 12.4. The van der Waals surface area contributed by atoms with Gasteiger partial charge in [-0.1, -0.05) is 0 Å². The summed E-state index contributed by atoms with van der Waals surface area (Å²) in [6.07, 6.45) is -0.589. The van der Waals surface area contributed by atoms with Gasteiger partial charge in [0.15, 0.2) is 5.82 Å². The number of carboxylic acids is 2. The fourth-order valence-corrected chi connectivity index (χ4v) is 3.35. The molecule has 2 aromatic rings. The molecule has 13 heteroatoms. The molecule has 1 aromatic heterocycles. The zero-order valence-corrected chi connectivity index (χ0v) is 17.8. The fourth-order valence-electron chi connectivity index (χ4n) is 3.35. The van der Waals surface area contributed by atoms with E-state index in [4.69, 9.17) is 10.8 Å². The van der Waals surface area contributed by atoms with E-state index in [0.717, 1.165) is 11.3 Å². The van der Waals surface area contributed by atoms with Crippen molar-refractivity contribution in [1.82, 2.24) is 15.3 Å². The molecule has 0 spiro atoms. The summed E-state index contributed by atoms with van der Waals surface area (Å²) in [4.78, 5) is 52.9. The van der Waals surface area contributed by atoms with Gasteiger partial charge in [-0.15, -0.1) is 0 Å². The molecule has 1 aliphatic heterocycles. The molecular formula is C20H25N7O6. The first kappa shape index (κ1) is 23.4. The molecule has 33 heavy (non-hydrogen) atoms. The summed E-state index contributed by atoms with van der Waals surface area (Å²) in [6.45, 7) is 2.75. The molecule has 9 N–H and O–H groups in total. The smallest absolute Gasteiger partial charge is 0.326 e. The van der Waals surface area contributed by atoms with E-state index < -0.39 is 23.9 Å². The van der Waals surface area contributed by atoms with Gasteiger partial charge in [0.05, 0.1) is 6.04 Å². The molecule has 0 saturated carbocycles. The number of carbonyl (C=O) groups excluding carboxylic acids is 1. The van der Waals surface area contributed by atoms with E-state index >= 15 is 0 Å². The maximum Gasteiger partial charge on any atom is 0.326 e. The van der Waals surface area contributed by atoms with Crippen LogP contribution in [0.4, 0.5) is 23.1 Å². The standard InChI is InChI=1S/C20H25N7O6/c1-9-6-10(17(30)25-13(19(32)33)4-5-14(28)29)2-3-12(9)22-7-11-8-23-16-15(24-11)18(31)27-20(21)26-16/h2-3,6,11,13,22,24H,4-5,7-8H2,1H3,(H,25,30)(H,28,29)(H,32,33)(H4,21,23,26,27,31). The van der Waals surface area contributed by atoms with Crippen LogP contribution >= 0.6 is 0 Å². The van der Waals surface area contributed by atoms with Crippen molar-refractivity contribution in [3.63, 3.8) is 0 Å². The maximum absolute atomic E-state index is 12.4. The molecule has 0 bridgehead atoms. The van der Waals surface area contributed by atoms with Crippen LogP contribution in [0.15, 0.2) is 23.0 Å². The molecule has 2 atom stereocenters. The lowest BCUT2D eigenvalue weighted by Gasteiger charge is -2.27. The van der Waals surface area contributed by atoms with E-state index in [1.807, 2.05) is 0 Å². The molecule has 2 unspecified atom stereocenters. The van der Waals surface area contributed by atoms with Crippen LogP contribution in [0.3, 0.4) is 0 Å². The number of rotatable bonds is 9. The highest BCUT2D eigenvalue weighted by molar-refractivity contribution is 5.97. The number of aliphatic carboxylic acids is 2. The second kappa shape index (κ2) is 9.89. The van der Waals surface area contributed by atoms with Gasteiger partial charge in [0.25, 0.3) is 11.5 Å². The van der Waals surface area contributed by atoms with Crippen LogP contribution in [0.25, 0.3) is 0 Å². The van der Waals surface area contributed by atoms with E-state index in [-0.39, 0.29) is 36.0 Å². The minimum atomic E-state index is -1.30. The molecule has 0 saturated heterocycles. The van der Waals surface area contributed by atoms with Gasteiger partial charge in [-0.3, -0.25) is 19.4 Å². The third kappa shape index (κ3) is 5.90. The molecule has 13 nitrogen and oxygen atoms in total. The number of anilines is 4. The van der Waals surface area contributed by atoms with E-state index in [1.165, 1.54) is 0 Å².